The van der Waals surface area contributed by atoms with E-state index < -0.39 is 0 Å². The summed E-state index contributed by atoms with van der Waals surface area (Å²) < 4.78 is 0. The molecule has 2 rings (SSSR count). The van der Waals surface area contributed by atoms with Crippen LogP contribution in [0, 0.1) is 0 Å². The van der Waals surface area contributed by atoms with Gasteiger partial charge in [0.2, 0.25) is 0 Å². The molecular formula is C48H82S3. The molecule has 2 aromatic rings. The molecule has 0 heterocycles. The third-order valence-corrected chi connectivity index (χ3v) is 14.6. The number of hydrogen-bond donors (Lipinski definition) is 0. The first kappa shape index (κ1) is 46.6. The summed E-state index contributed by atoms with van der Waals surface area (Å²) >= 11 is 0. The van der Waals surface area contributed by atoms with E-state index in [1.807, 2.05) is 31.4 Å². The van der Waals surface area contributed by atoms with Crippen molar-refractivity contribution in [1.82, 2.24) is 0 Å². The Hall–Kier alpha value is -0.510. The largest absolute Gasteiger partial charge is 0.0654 e. The molecule has 0 unspecified atom stereocenters. The summed E-state index contributed by atoms with van der Waals surface area (Å²) in [4.78, 5) is 2.73. The van der Waals surface area contributed by atoms with Gasteiger partial charge in [0.25, 0.3) is 0 Å². The Balaban J connectivity index is 1.36. The van der Waals surface area contributed by atoms with Crippen LogP contribution in [0.1, 0.15) is 230 Å². The van der Waals surface area contributed by atoms with E-state index in [9.17, 15) is 0 Å². The van der Waals surface area contributed by atoms with E-state index in [0.29, 0.717) is 0 Å². The second-order valence-corrected chi connectivity index (χ2v) is 19.7. The Morgan fingerprint density at radius 1 is 0.275 bits per heavy atom. The van der Waals surface area contributed by atoms with Crippen LogP contribution in [0.25, 0.3) is 0 Å². The summed E-state index contributed by atoms with van der Waals surface area (Å²) in [6, 6.07) is 18.7. The van der Waals surface area contributed by atoms with Gasteiger partial charge in [-0.15, -0.1) is 0 Å². The van der Waals surface area contributed by atoms with Crippen LogP contribution in [0.3, 0.4) is 0 Å². The van der Waals surface area contributed by atoms with E-state index in [4.69, 9.17) is 0 Å². The topological polar surface area (TPSA) is 0 Å². The van der Waals surface area contributed by atoms with Gasteiger partial charge < -0.3 is 0 Å². The second kappa shape index (κ2) is 36.5. The van der Waals surface area contributed by atoms with Crippen molar-refractivity contribution >= 4 is 31.4 Å². The molecule has 0 aliphatic rings. The van der Waals surface area contributed by atoms with Gasteiger partial charge in [-0.25, -0.2) is 0 Å². The van der Waals surface area contributed by atoms with Crippen LogP contribution in [0.5, 0.6) is 0 Å². The predicted molar refractivity (Wildman–Crippen MR) is 239 cm³/mol. The van der Waals surface area contributed by atoms with E-state index >= 15 is 0 Å². The molecule has 0 fully saturated rings. The van der Waals surface area contributed by atoms with Crippen molar-refractivity contribution in [3.8, 4) is 0 Å². The van der Waals surface area contributed by atoms with Crippen LogP contribution in [0.4, 0.5) is 0 Å². The van der Waals surface area contributed by atoms with Gasteiger partial charge in [-0.1, -0.05) is 231 Å². The fourth-order valence-corrected chi connectivity index (χ4v) is 10.9. The van der Waals surface area contributed by atoms with Crippen LogP contribution in [0.15, 0.2) is 58.3 Å². The highest BCUT2D eigenvalue weighted by Crippen LogP contribution is 2.44. The number of benzene rings is 2. The van der Waals surface area contributed by atoms with Crippen LogP contribution < -0.4 is 0 Å². The number of aryl methyl sites for hydroxylation is 2. The SMILES string of the molecule is CCCCCCCCCCCCCCCCCCc1ccc(SSSc2ccc(CCCCCCCCCCCCCCCCCC)cc2)cc1. The Kier molecular flexibility index (Phi) is 33.4. The minimum Gasteiger partial charge on any atom is -0.0654 e. The number of hydrogen-bond acceptors (Lipinski definition) is 3. The van der Waals surface area contributed by atoms with Gasteiger partial charge in [-0.3, -0.25) is 0 Å². The summed E-state index contributed by atoms with van der Waals surface area (Å²) in [7, 11) is 5.67. The van der Waals surface area contributed by atoms with Gasteiger partial charge in [0.05, 0.1) is 0 Å². The molecule has 0 spiro atoms. The molecule has 0 aliphatic heterocycles. The average molecular weight is 755 g/mol. The molecule has 0 nitrogen and oxygen atoms in total. The second-order valence-electron chi connectivity index (χ2n) is 15.6. The van der Waals surface area contributed by atoms with Crippen molar-refractivity contribution in [2.75, 3.05) is 0 Å². The summed E-state index contributed by atoms with van der Waals surface area (Å²) in [5.41, 5.74) is 3.00. The lowest BCUT2D eigenvalue weighted by Crippen LogP contribution is -1.87. The zero-order valence-corrected chi connectivity index (χ0v) is 36.3. The molecule has 0 aromatic heterocycles. The highest BCUT2D eigenvalue weighted by molar-refractivity contribution is 9.09. The van der Waals surface area contributed by atoms with Gasteiger partial charge in [-0.05, 0) is 92.5 Å². The number of unbranched alkanes of at least 4 members (excludes halogenated alkanes) is 30. The first-order valence-corrected chi connectivity index (χ1v) is 26.0. The fraction of sp³-hybridized carbons (Fsp3) is 0.750. The van der Waals surface area contributed by atoms with E-state index in [1.54, 1.807) is 0 Å². The third-order valence-electron chi connectivity index (χ3n) is 10.7. The lowest BCUT2D eigenvalue weighted by Gasteiger charge is -2.06. The zero-order valence-electron chi connectivity index (χ0n) is 33.9. The summed E-state index contributed by atoms with van der Waals surface area (Å²) in [6.07, 6.45) is 48.5. The van der Waals surface area contributed by atoms with E-state index in [-0.39, 0.29) is 0 Å². The molecule has 2 aromatic carbocycles. The molecule has 0 N–H and O–H groups in total. The minimum atomic E-state index is 1.23. The molecule has 0 atom stereocenters. The standard InChI is InChI=1S/C48H82S3/c1-3-5-7-9-11-13-15-17-19-21-23-25-27-29-31-33-35-45-37-41-47(42-38-45)49-51-50-48-43-39-46(40-44-48)36-34-32-30-28-26-24-22-20-18-16-14-12-10-8-6-4-2/h37-44H,3-36H2,1-2H3. The maximum Gasteiger partial charge on any atom is 0.0191 e. The van der Waals surface area contributed by atoms with Crippen LogP contribution in [-0.4, -0.2) is 0 Å². The highest BCUT2D eigenvalue weighted by atomic mass is 33.5. The molecule has 51 heavy (non-hydrogen) atoms. The van der Waals surface area contributed by atoms with Crippen molar-refractivity contribution in [3.63, 3.8) is 0 Å². The van der Waals surface area contributed by atoms with Gasteiger partial charge in [0.1, 0.15) is 0 Å². The maximum absolute atomic E-state index is 2.35. The van der Waals surface area contributed by atoms with Crippen molar-refractivity contribution in [3.05, 3.63) is 59.7 Å². The first-order valence-electron chi connectivity index (χ1n) is 22.5. The third kappa shape index (κ3) is 29.5. The Bertz CT molecular complexity index is 889. The minimum absolute atomic E-state index is 1.23. The summed E-state index contributed by atoms with van der Waals surface area (Å²) in [5.74, 6) is 0. The Morgan fingerprint density at radius 3 is 0.725 bits per heavy atom. The molecule has 3 heteroatoms. The predicted octanol–water partition coefficient (Wildman–Crippen LogP) is 18.7. The molecule has 0 bridgehead atoms. The quantitative estimate of drug-likeness (QED) is 0.0495. The summed E-state index contributed by atoms with van der Waals surface area (Å²) in [5, 5.41) is 0. The normalized spacial score (nSPS) is 11.5. The zero-order chi connectivity index (χ0) is 36.1. The van der Waals surface area contributed by atoms with Crippen LogP contribution >= 0.6 is 31.4 Å². The Labute approximate surface area is 331 Å². The van der Waals surface area contributed by atoms with E-state index in [2.05, 4.69) is 62.4 Å². The Morgan fingerprint density at radius 2 is 0.490 bits per heavy atom. The van der Waals surface area contributed by atoms with Gasteiger partial charge in [0.15, 0.2) is 0 Å². The van der Waals surface area contributed by atoms with Gasteiger partial charge in [-0.2, -0.15) is 0 Å². The van der Waals surface area contributed by atoms with Crippen LogP contribution in [-0.2, 0) is 12.8 Å². The monoisotopic (exact) mass is 755 g/mol. The molecule has 0 radical (unpaired) electrons. The lowest BCUT2D eigenvalue weighted by molar-refractivity contribution is 0.529. The molecule has 0 saturated heterocycles. The molecule has 0 amide bonds. The van der Waals surface area contributed by atoms with Crippen molar-refractivity contribution in [2.24, 2.45) is 0 Å². The molecule has 0 aliphatic carbocycles. The van der Waals surface area contributed by atoms with Crippen molar-refractivity contribution in [2.45, 2.75) is 242 Å². The fourth-order valence-electron chi connectivity index (χ4n) is 7.27. The smallest absolute Gasteiger partial charge is 0.0191 e. The van der Waals surface area contributed by atoms with Gasteiger partial charge in [0, 0.05) is 9.79 Å². The summed E-state index contributed by atoms with van der Waals surface area (Å²) in [6.45, 7) is 4.61. The van der Waals surface area contributed by atoms with Crippen molar-refractivity contribution < 1.29 is 0 Å². The van der Waals surface area contributed by atoms with Crippen LogP contribution in [0.2, 0.25) is 0 Å². The molecule has 0 saturated carbocycles. The maximum atomic E-state index is 2.35. The highest BCUT2D eigenvalue weighted by Gasteiger charge is 2.02. The average Bonchev–Trinajstić information content (AvgIpc) is 3.15. The molecular weight excluding hydrogens is 673 g/mol. The van der Waals surface area contributed by atoms with Crippen molar-refractivity contribution in [1.29, 1.82) is 0 Å². The van der Waals surface area contributed by atoms with E-state index in [1.165, 1.54) is 239 Å². The van der Waals surface area contributed by atoms with Gasteiger partial charge >= 0.3 is 0 Å². The first-order chi connectivity index (χ1) is 25.3. The number of rotatable bonds is 38. The molecule has 292 valence electrons. The van der Waals surface area contributed by atoms with E-state index in [0.717, 1.165) is 0 Å². The lowest BCUT2D eigenvalue weighted by atomic mass is 10.0.